The second-order valence-corrected chi connectivity index (χ2v) is 9.54. The first kappa shape index (κ1) is 29.8. The van der Waals surface area contributed by atoms with E-state index in [-0.39, 0.29) is 31.1 Å². The summed E-state index contributed by atoms with van der Waals surface area (Å²) in [6, 6.07) is 24.3. The lowest BCUT2D eigenvalue weighted by Crippen LogP contribution is -2.49. The van der Waals surface area contributed by atoms with Crippen LogP contribution in [-0.4, -0.2) is 48.9 Å². The molecule has 3 aromatic rings. The first-order chi connectivity index (χ1) is 19.2. The number of hydrogen-bond donors (Lipinski definition) is 4. The van der Waals surface area contributed by atoms with Gasteiger partial charge in [0.2, 0.25) is 11.8 Å². The minimum absolute atomic E-state index is 0.0837. The van der Waals surface area contributed by atoms with Crippen LogP contribution in [0.5, 0.6) is 0 Å². The van der Waals surface area contributed by atoms with E-state index >= 15 is 0 Å². The summed E-state index contributed by atoms with van der Waals surface area (Å²) in [5, 5.41) is 18.6. The van der Waals surface area contributed by atoms with Crippen LogP contribution in [0, 0.1) is 10.1 Å². The molecule has 11 nitrogen and oxygen atoms in total. The number of nitrogens with two attached hydrogens (primary N) is 2. The number of nitrogens with zero attached hydrogens (tertiary/aromatic N) is 3. The SMILES string of the molecule is CN(C)c1ccc(CNC(=O)[C@H](CCC(N)C(N)=N[N+](=O)[O-])NC(=O)C(c2ccccc2)c2ccccc2)cc1. The van der Waals surface area contributed by atoms with Gasteiger partial charge in [0.25, 0.3) is 0 Å². The van der Waals surface area contributed by atoms with Crippen LogP contribution in [0.2, 0.25) is 0 Å². The number of nitro groups is 1. The van der Waals surface area contributed by atoms with Gasteiger partial charge in [-0.1, -0.05) is 72.8 Å². The fraction of sp³-hybridized carbons (Fsp3) is 0.276. The zero-order chi connectivity index (χ0) is 29.1. The summed E-state index contributed by atoms with van der Waals surface area (Å²) in [4.78, 5) is 39.7. The third-order valence-electron chi connectivity index (χ3n) is 6.42. The zero-order valence-corrected chi connectivity index (χ0v) is 22.6. The van der Waals surface area contributed by atoms with Gasteiger partial charge < -0.3 is 27.0 Å². The molecule has 0 bridgehead atoms. The number of hydrazone groups is 1. The van der Waals surface area contributed by atoms with Crippen molar-refractivity contribution in [3.05, 3.63) is 112 Å². The van der Waals surface area contributed by atoms with Crippen LogP contribution < -0.4 is 27.0 Å². The van der Waals surface area contributed by atoms with E-state index in [0.29, 0.717) is 0 Å². The molecule has 0 saturated heterocycles. The highest BCUT2D eigenvalue weighted by Gasteiger charge is 2.28. The molecule has 210 valence electrons. The Morgan fingerprint density at radius 2 is 1.45 bits per heavy atom. The van der Waals surface area contributed by atoms with Crippen LogP contribution >= 0.6 is 0 Å². The molecule has 0 saturated carbocycles. The first-order valence-electron chi connectivity index (χ1n) is 12.8. The molecule has 0 fully saturated rings. The van der Waals surface area contributed by atoms with Crippen molar-refractivity contribution in [2.24, 2.45) is 16.6 Å². The highest BCUT2D eigenvalue weighted by atomic mass is 16.7. The number of carbonyl (C=O) groups is 2. The fourth-order valence-corrected chi connectivity index (χ4v) is 4.20. The fourth-order valence-electron chi connectivity index (χ4n) is 4.20. The van der Waals surface area contributed by atoms with Crippen molar-refractivity contribution >= 4 is 23.3 Å². The number of amidine groups is 1. The highest BCUT2D eigenvalue weighted by Crippen LogP contribution is 2.25. The molecule has 0 heterocycles. The van der Waals surface area contributed by atoms with E-state index in [9.17, 15) is 19.7 Å². The van der Waals surface area contributed by atoms with Gasteiger partial charge in [-0.3, -0.25) is 9.59 Å². The minimum atomic E-state index is -0.974. The van der Waals surface area contributed by atoms with Crippen LogP contribution in [0.25, 0.3) is 0 Å². The van der Waals surface area contributed by atoms with Gasteiger partial charge in [-0.15, -0.1) is 0 Å². The molecular weight excluding hydrogens is 510 g/mol. The molecule has 0 aliphatic rings. The molecule has 0 radical (unpaired) electrons. The second kappa shape index (κ2) is 14.4. The van der Waals surface area contributed by atoms with Crippen molar-refractivity contribution in [1.29, 1.82) is 0 Å². The quantitative estimate of drug-likeness (QED) is 0.111. The smallest absolute Gasteiger partial charge is 0.242 e. The Kier molecular flexibility index (Phi) is 10.7. The minimum Gasteiger partial charge on any atom is -0.381 e. The molecule has 0 spiro atoms. The van der Waals surface area contributed by atoms with Crippen LogP contribution in [-0.2, 0) is 16.1 Å². The van der Waals surface area contributed by atoms with E-state index in [1.165, 1.54) is 0 Å². The molecule has 0 aliphatic heterocycles. The van der Waals surface area contributed by atoms with Crippen molar-refractivity contribution in [3.63, 3.8) is 0 Å². The molecule has 11 heteroatoms. The molecule has 1 unspecified atom stereocenters. The van der Waals surface area contributed by atoms with Crippen LogP contribution in [0.15, 0.2) is 90.0 Å². The summed E-state index contributed by atoms with van der Waals surface area (Å²) in [5.74, 6) is -1.80. The molecule has 3 rings (SSSR count). The number of anilines is 1. The molecule has 2 amide bonds. The molecule has 3 aromatic carbocycles. The monoisotopic (exact) mass is 545 g/mol. The Hall–Kier alpha value is -4.77. The van der Waals surface area contributed by atoms with Crippen molar-refractivity contribution in [1.82, 2.24) is 10.6 Å². The van der Waals surface area contributed by atoms with Crippen LogP contribution in [0.1, 0.15) is 35.4 Å². The molecule has 40 heavy (non-hydrogen) atoms. The number of amides is 2. The van der Waals surface area contributed by atoms with E-state index in [1.807, 2.05) is 104 Å². The average Bonchev–Trinajstić information content (AvgIpc) is 2.94. The first-order valence-corrected chi connectivity index (χ1v) is 12.8. The second-order valence-electron chi connectivity index (χ2n) is 9.54. The standard InChI is InChI=1S/C29H35N7O4/c1-35(2)23-15-13-20(14-16-23)19-32-28(37)25(18-17-24(30)27(31)34-36(39)40)33-29(38)26(21-9-5-3-6-10-21)22-11-7-4-8-12-22/h3-16,24-26H,17-19,30H2,1-2H3,(H2,31,34)(H,32,37)(H,33,38)/t24?,25-/m0/s1. The Labute approximate surface area is 233 Å². The van der Waals surface area contributed by atoms with Gasteiger partial charge >= 0.3 is 0 Å². The van der Waals surface area contributed by atoms with Crippen molar-refractivity contribution in [2.75, 3.05) is 19.0 Å². The van der Waals surface area contributed by atoms with Gasteiger partial charge in [-0.2, -0.15) is 0 Å². The Bertz CT molecular complexity index is 1260. The third-order valence-corrected chi connectivity index (χ3v) is 6.42. The number of carbonyl (C=O) groups excluding carboxylic acids is 2. The van der Waals surface area contributed by atoms with Crippen molar-refractivity contribution < 1.29 is 14.6 Å². The average molecular weight is 546 g/mol. The maximum Gasteiger partial charge on any atom is 0.242 e. The summed E-state index contributed by atoms with van der Waals surface area (Å²) in [6.07, 6.45) is 0.170. The lowest BCUT2D eigenvalue weighted by atomic mass is 9.90. The van der Waals surface area contributed by atoms with Gasteiger partial charge in [0.05, 0.1) is 17.1 Å². The zero-order valence-electron chi connectivity index (χ0n) is 22.6. The summed E-state index contributed by atoms with van der Waals surface area (Å²) < 4.78 is 0. The lowest BCUT2D eigenvalue weighted by molar-refractivity contribution is -0.485. The predicted octanol–water partition coefficient (Wildman–Crippen LogP) is 2.34. The van der Waals surface area contributed by atoms with Crippen LogP contribution in [0.3, 0.4) is 0 Å². The van der Waals surface area contributed by atoms with Gasteiger partial charge in [-0.25, -0.2) is 10.1 Å². The summed E-state index contributed by atoms with van der Waals surface area (Å²) in [7, 11) is 3.88. The van der Waals surface area contributed by atoms with E-state index in [2.05, 4.69) is 15.7 Å². The van der Waals surface area contributed by atoms with E-state index < -0.39 is 28.9 Å². The van der Waals surface area contributed by atoms with Crippen molar-refractivity contribution in [2.45, 2.75) is 37.4 Å². The molecule has 2 atom stereocenters. The number of hydrogen-bond acceptors (Lipinski definition) is 6. The molecule has 0 aromatic heterocycles. The number of nitrogens with one attached hydrogen (secondary N) is 2. The maximum absolute atomic E-state index is 13.7. The summed E-state index contributed by atoms with van der Waals surface area (Å²) >= 11 is 0. The third kappa shape index (κ3) is 8.63. The normalized spacial score (nSPS) is 12.8. The Morgan fingerprint density at radius 1 is 0.900 bits per heavy atom. The Morgan fingerprint density at radius 3 is 1.95 bits per heavy atom. The summed E-state index contributed by atoms with van der Waals surface area (Å²) in [6.45, 7) is 0.247. The molecule has 6 N–H and O–H groups in total. The van der Waals surface area contributed by atoms with Gasteiger partial charge in [-0.05, 0) is 41.7 Å². The predicted molar refractivity (Wildman–Crippen MR) is 155 cm³/mol. The molecular formula is C29H35N7O4. The van der Waals surface area contributed by atoms with E-state index in [1.54, 1.807) is 0 Å². The van der Waals surface area contributed by atoms with Gasteiger partial charge in [0.15, 0.2) is 10.9 Å². The van der Waals surface area contributed by atoms with Gasteiger partial charge in [0, 0.05) is 26.3 Å². The largest absolute Gasteiger partial charge is 0.381 e. The lowest BCUT2D eigenvalue weighted by Gasteiger charge is -2.24. The van der Waals surface area contributed by atoms with Crippen LogP contribution in [0.4, 0.5) is 5.69 Å². The highest BCUT2D eigenvalue weighted by molar-refractivity contribution is 5.92. The molecule has 0 aliphatic carbocycles. The van der Waals surface area contributed by atoms with Crippen molar-refractivity contribution in [3.8, 4) is 0 Å². The summed E-state index contributed by atoms with van der Waals surface area (Å²) in [5.41, 5.74) is 15.1. The van der Waals surface area contributed by atoms with E-state index in [0.717, 1.165) is 22.4 Å². The van der Waals surface area contributed by atoms with E-state index in [4.69, 9.17) is 11.5 Å². The van der Waals surface area contributed by atoms with Gasteiger partial charge in [0.1, 0.15) is 6.04 Å². The maximum atomic E-state index is 13.7. The number of rotatable bonds is 13. The Balaban J connectivity index is 1.80. The number of benzene rings is 3. The topological polar surface area (TPSA) is 169 Å².